The largest absolute Gasteiger partial charge is 0.493 e. The van der Waals surface area contributed by atoms with E-state index in [-0.39, 0.29) is 5.91 Å². The highest BCUT2D eigenvalue weighted by atomic mass is 16.5. The first-order valence-corrected chi connectivity index (χ1v) is 8.64. The maximum Gasteiger partial charge on any atom is 0.227 e. The molecule has 0 aliphatic carbocycles. The van der Waals surface area contributed by atoms with Crippen molar-refractivity contribution < 1.29 is 9.53 Å². The van der Waals surface area contributed by atoms with Crippen molar-refractivity contribution in [2.75, 3.05) is 18.1 Å². The number of ether oxygens (including phenoxy) is 1. The molecule has 2 aliphatic heterocycles. The molecule has 2 aromatic carbocycles. The molecule has 0 unspecified atom stereocenters. The van der Waals surface area contributed by atoms with Gasteiger partial charge in [-0.15, -0.1) is 0 Å². The highest BCUT2D eigenvalue weighted by molar-refractivity contribution is 5.95. The van der Waals surface area contributed by atoms with E-state index in [4.69, 9.17) is 4.74 Å². The third-order valence-electron chi connectivity index (χ3n) is 4.73. The minimum absolute atomic E-state index is 0.237. The molecule has 0 radical (unpaired) electrons. The summed E-state index contributed by atoms with van der Waals surface area (Å²) in [6.07, 6.45) is 2.66. The van der Waals surface area contributed by atoms with Gasteiger partial charge >= 0.3 is 0 Å². The first-order chi connectivity index (χ1) is 11.8. The molecule has 0 aromatic heterocycles. The van der Waals surface area contributed by atoms with Crippen LogP contribution in [0.2, 0.25) is 0 Å². The van der Waals surface area contributed by atoms with Gasteiger partial charge in [0.2, 0.25) is 5.91 Å². The van der Waals surface area contributed by atoms with E-state index < -0.39 is 0 Å². The number of nitrogens with zero attached hydrogens (tertiary/aromatic N) is 1. The summed E-state index contributed by atoms with van der Waals surface area (Å²) in [6.45, 7) is 3.32. The minimum atomic E-state index is 0.237. The number of nitrogens with one attached hydrogen (secondary N) is 1. The number of rotatable bonds is 5. The molecule has 0 saturated carbocycles. The first kappa shape index (κ1) is 15.2. The van der Waals surface area contributed by atoms with Gasteiger partial charge in [0, 0.05) is 38.2 Å². The van der Waals surface area contributed by atoms with Crippen LogP contribution in [0, 0.1) is 0 Å². The molecule has 1 saturated heterocycles. The van der Waals surface area contributed by atoms with Crippen LogP contribution in [0.4, 0.5) is 5.69 Å². The number of benzene rings is 2. The zero-order valence-corrected chi connectivity index (χ0v) is 13.8. The second-order valence-corrected chi connectivity index (χ2v) is 6.46. The average Bonchev–Trinajstić information content (AvgIpc) is 3.24. The van der Waals surface area contributed by atoms with Gasteiger partial charge < -0.3 is 15.0 Å². The highest BCUT2D eigenvalue weighted by Crippen LogP contribution is 2.26. The summed E-state index contributed by atoms with van der Waals surface area (Å²) in [6, 6.07) is 14.7. The van der Waals surface area contributed by atoms with Crippen LogP contribution in [0.15, 0.2) is 42.5 Å². The summed E-state index contributed by atoms with van der Waals surface area (Å²) in [7, 11) is 0. The molecule has 4 heteroatoms. The van der Waals surface area contributed by atoms with Crippen LogP contribution in [0.1, 0.15) is 29.5 Å². The number of hydrogen-bond acceptors (Lipinski definition) is 3. The molecule has 4 rings (SSSR count). The van der Waals surface area contributed by atoms with Crippen LogP contribution in [0.5, 0.6) is 5.75 Å². The molecule has 2 aliphatic rings. The first-order valence-electron chi connectivity index (χ1n) is 8.64. The zero-order valence-electron chi connectivity index (χ0n) is 13.8. The van der Waals surface area contributed by atoms with Gasteiger partial charge in [0.05, 0.1) is 6.61 Å². The van der Waals surface area contributed by atoms with Gasteiger partial charge in [0.25, 0.3) is 0 Å². The van der Waals surface area contributed by atoms with Gasteiger partial charge in [-0.2, -0.15) is 0 Å². The van der Waals surface area contributed by atoms with Crippen LogP contribution in [0.25, 0.3) is 0 Å². The molecule has 1 N–H and O–H groups in total. The SMILES string of the molecule is O=C1CCCN1c1ccc(CNCc2ccc3c(c2)CCO3)cc1. The van der Waals surface area contributed by atoms with Crippen LogP contribution < -0.4 is 15.0 Å². The summed E-state index contributed by atoms with van der Waals surface area (Å²) in [5.41, 5.74) is 4.85. The fourth-order valence-electron chi connectivity index (χ4n) is 3.42. The second kappa shape index (κ2) is 6.65. The standard InChI is InChI=1S/C20H22N2O2/c23-20-2-1-10-22(20)18-6-3-15(4-7-18)13-21-14-16-5-8-19-17(12-16)9-11-24-19/h3-8,12,21H,1-2,9-11,13-14H2. The Hall–Kier alpha value is -2.33. The van der Waals surface area contributed by atoms with E-state index in [1.807, 2.05) is 17.0 Å². The second-order valence-electron chi connectivity index (χ2n) is 6.46. The van der Waals surface area contributed by atoms with Crippen molar-refractivity contribution in [2.45, 2.75) is 32.4 Å². The Labute approximate surface area is 142 Å². The number of fused-ring (bicyclic) bond motifs is 1. The lowest BCUT2D eigenvalue weighted by atomic mass is 10.1. The van der Waals surface area contributed by atoms with E-state index in [2.05, 4.69) is 35.6 Å². The van der Waals surface area contributed by atoms with E-state index in [9.17, 15) is 4.79 Å². The van der Waals surface area contributed by atoms with Gasteiger partial charge in [-0.3, -0.25) is 4.79 Å². The number of anilines is 1. The van der Waals surface area contributed by atoms with E-state index in [0.717, 1.165) is 50.5 Å². The Morgan fingerprint density at radius 2 is 1.79 bits per heavy atom. The van der Waals surface area contributed by atoms with Gasteiger partial charge in [0.1, 0.15) is 5.75 Å². The summed E-state index contributed by atoms with van der Waals surface area (Å²) in [4.78, 5) is 13.7. The van der Waals surface area contributed by atoms with Crippen molar-refractivity contribution in [1.82, 2.24) is 5.32 Å². The Bertz CT molecular complexity index is 740. The Balaban J connectivity index is 1.32. The van der Waals surface area contributed by atoms with Crippen molar-refractivity contribution in [1.29, 1.82) is 0 Å². The number of hydrogen-bond donors (Lipinski definition) is 1. The number of amides is 1. The molecule has 1 amide bonds. The topological polar surface area (TPSA) is 41.6 Å². The monoisotopic (exact) mass is 322 g/mol. The molecule has 2 heterocycles. The van der Waals surface area contributed by atoms with Gasteiger partial charge in [-0.25, -0.2) is 0 Å². The molecular weight excluding hydrogens is 300 g/mol. The van der Waals surface area contributed by atoms with Gasteiger partial charge in [-0.05, 0) is 41.3 Å². The van der Waals surface area contributed by atoms with Gasteiger partial charge in [0.15, 0.2) is 0 Å². The Kier molecular flexibility index (Phi) is 4.22. The summed E-state index contributed by atoms with van der Waals surface area (Å²) >= 11 is 0. The number of carbonyl (C=O) groups is 1. The maximum absolute atomic E-state index is 11.8. The van der Waals surface area contributed by atoms with E-state index >= 15 is 0 Å². The number of carbonyl (C=O) groups excluding carboxylic acids is 1. The third-order valence-corrected chi connectivity index (χ3v) is 4.73. The molecule has 1 fully saturated rings. The zero-order chi connectivity index (χ0) is 16.4. The summed E-state index contributed by atoms with van der Waals surface area (Å²) < 4.78 is 5.54. The molecule has 0 bridgehead atoms. The molecule has 124 valence electrons. The van der Waals surface area contributed by atoms with Crippen LogP contribution >= 0.6 is 0 Å². The fourth-order valence-corrected chi connectivity index (χ4v) is 3.42. The van der Waals surface area contributed by atoms with E-state index in [1.54, 1.807) is 0 Å². The van der Waals surface area contributed by atoms with Crippen molar-refractivity contribution in [2.24, 2.45) is 0 Å². The van der Waals surface area contributed by atoms with Crippen LogP contribution in [-0.2, 0) is 24.3 Å². The molecule has 24 heavy (non-hydrogen) atoms. The molecule has 2 aromatic rings. The Morgan fingerprint density at radius 1 is 1.00 bits per heavy atom. The Morgan fingerprint density at radius 3 is 2.58 bits per heavy atom. The molecule has 0 atom stereocenters. The predicted octanol–water partition coefficient (Wildman–Crippen LogP) is 3.04. The lowest BCUT2D eigenvalue weighted by Crippen LogP contribution is -2.23. The van der Waals surface area contributed by atoms with Crippen molar-refractivity contribution in [3.8, 4) is 5.75 Å². The van der Waals surface area contributed by atoms with Gasteiger partial charge in [-0.1, -0.05) is 24.3 Å². The summed E-state index contributed by atoms with van der Waals surface area (Å²) in [5.74, 6) is 1.27. The fraction of sp³-hybridized carbons (Fsp3) is 0.350. The lowest BCUT2D eigenvalue weighted by molar-refractivity contribution is -0.117. The third kappa shape index (κ3) is 3.15. The van der Waals surface area contributed by atoms with Crippen molar-refractivity contribution >= 4 is 11.6 Å². The summed E-state index contributed by atoms with van der Waals surface area (Å²) in [5, 5.41) is 3.49. The van der Waals surface area contributed by atoms with Crippen LogP contribution in [0.3, 0.4) is 0 Å². The van der Waals surface area contributed by atoms with Crippen molar-refractivity contribution in [3.05, 3.63) is 59.2 Å². The smallest absolute Gasteiger partial charge is 0.227 e. The molecular formula is C20H22N2O2. The minimum Gasteiger partial charge on any atom is -0.493 e. The lowest BCUT2D eigenvalue weighted by Gasteiger charge is -2.16. The van der Waals surface area contributed by atoms with Crippen molar-refractivity contribution in [3.63, 3.8) is 0 Å². The maximum atomic E-state index is 11.8. The highest BCUT2D eigenvalue weighted by Gasteiger charge is 2.21. The quantitative estimate of drug-likeness (QED) is 0.920. The van der Waals surface area contributed by atoms with E-state index in [1.165, 1.54) is 16.7 Å². The van der Waals surface area contributed by atoms with E-state index in [0.29, 0.717) is 6.42 Å². The average molecular weight is 322 g/mol. The normalized spacial score (nSPS) is 16.3. The molecule has 4 nitrogen and oxygen atoms in total. The predicted molar refractivity (Wildman–Crippen MR) is 94.2 cm³/mol. The molecule has 0 spiro atoms. The van der Waals surface area contributed by atoms with Crippen LogP contribution in [-0.4, -0.2) is 19.1 Å².